The van der Waals surface area contributed by atoms with E-state index in [0.29, 0.717) is 6.61 Å². The Kier molecular flexibility index (Phi) is 6.16. The molecule has 0 N–H and O–H groups in total. The number of hydrogen-bond acceptors (Lipinski definition) is 2. The summed E-state index contributed by atoms with van der Waals surface area (Å²) in [5, 5.41) is 8.92. The zero-order chi connectivity index (χ0) is 13.8. The molecule has 0 amide bonds. The third-order valence-corrected chi connectivity index (χ3v) is 4.09. The van der Waals surface area contributed by atoms with Crippen LogP contribution in [0.15, 0.2) is 25.6 Å². The number of rotatable bonds is 5. The van der Waals surface area contributed by atoms with Crippen LogP contribution in [0, 0.1) is 16.7 Å². The molecule has 0 aliphatic carbocycles. The van der Waals surface area contributed by atoms with Gasteiger partial charge in [0, 0.05) is 4.47 Å². The van der Waals surface area contributed by atoms with E-state index in [1.54, 1.807) is 0 Å². The van der Waals surface area contributed by atoms with Gasteiger partial charge in [0.05, 0.1) is 27.0 Å². The Morgan fingerprint density at radius 3 is 2.28 bits per heavy atom. The molecule has 0 aliphatic rings. The highest BCUT2D eigenvalue weighted by molar-refractivity contribution is 9.11. The molecule has 5 heteroatoms. The Balaban J connectivity index is 2.53. The van der Waals surface area contributed by atoms with Crippen molar-refractivity contribution >= 4 is 47.8 Å². The molecule has 1 rings (SSSR count). The Bertz CT molecular complexity index is 443. The minimum Gasteiger partial charge on any atom is -0.491 e. The maximum absolute atomic E-state index is 8.92. The average Bonchev–Trinajstić information content (AvgIpc) is 2.26. The first kappa shape index (κ1) is 16.0. The third-order valence-electron chi connectivity index (χ3n) is 2.46. The van der Waals surface area contributed by atoms with Gasteiger partial charge in [0.25, 0.3) is 0 Å². The van der Waals surface area contributed by atoms with Gasteiger partial charge in [0.2, 0.25) is 0 Å². The second-order valence-corrected chi connectivity index (χ2v) is 7.27. The van der Waals surface area contributed by atoms with Crippen LogP contribution in [0.4, 0.5) is 0 Å². The molecule has 0 saturated carbocycles. The smallest absolute Gasteiger partial charge is 0.147 e. The minimum atomic E-state index is -0.280. The van der Waals surface area contributed by atoms with E-state index in [1.165, 1.54) is 0 Å². The van der Waals surface area contributed by atoms with Crippen molar-refractivity contribution < 1.29 is 4.74 Å². The molecule has 2 nitrogen and oxygen atoms in total. The first-order chi connectivity index (χ1) is 8.35. The summed E-state index contributed by atoms with van der Waals surface area (Å²) in [6.07, 6.45) is 1.69. The summed E-state index contributed by atoms with van der Waals surface area (Å²) in [6, 6.07) is 6.18. The molecular formula is C13H14Br3NO. The van der Waals surface area contributed by atoms with E-state index in [9.17, 15) is 0 Å². The summed E-state index contributed by atoms with van der Waals surface area (Å²) in [4.78, 5) is 0. The molecule has 98 valence electrons. The van der Waals surface area contributed by atoms with Gasteiger partial charge in [-0.15, -0.1) is 0 Å². The van der Waals surface area contributed by atoms with Crippen molar-refractivity contribution in [3.63, 3.8) is 0 Å². The van der Waals surface area contributed by atoms with E-state index in [2.05, 4.69) is 53.9 Å². The summed E-state index contributed by atoms with van der Waals surface area (Å²) >= 11 is 10.3. The molecule has 0 saturated heterocycles. The summed E-state index contributed by atoms with van der Waals surface area (Å²) in [6.45, 7) is 4.49. The second kappa shape index (κ2) is 6.93. The van der Waals surface area contributed by atoms with Crippen molar-refractivity contribution in [3.05, 3.63) is 25.6 Å². The highest BCUT2D eigenvalue weighted by atomic mass is 79.9. The molecule has 0 fully saturated rings. The normalized spacial score (nSPS) is 11.1. The van der Waals surface area contributed by atoms with Crippen LogP contribution < -0.4 is 4.74 Å². The highest BCUT2D eigenvalue weighted by Crippen LogP contribution is 2.36. The van der Waals surface area contributed by atoms with Gasteiger partial charge in [-0.2, -0.15) is 5.26 Å². The molecular weight excluding hydrogens is 426 g/mol. The first-order valence-electron chi connectivity index (χ1n) is 5.54. The van der Waals surface area contributed by atoms with Crippen LogP contribution in [-0.2, 0) is 0 Å². The van der Waals surface area contributed by atoms with Crippen LogP contribution in [-0.4, -0.2) is 6.61 Å². The number of benzene rings is 1. The fourth-order valence-electron chi connectivity index (χ4n) is 1.41. The number of ether oxygens (including phenoxy) is 1. The summed E-state index contributed by atoms with van der Waals surface area (Å²) in [7, 11) is 0. The lowest BCUT2D eigenvalue weighted by Gasteiger charge is -2.15. The van der Waals surface area contributed by atoms with Crippen molar-refractivity contribution in [1.29, 1.82) is 5.26 Å². The lowest BCUT2D eigenvalue weighted by Crippen LogP contribution is -2.10. The maximum Gasteiger partial charge on any atom is 0.147 e. The van der Waals surface area contributed by atoms with Crippen molar-refractivity contribution in [1.82, 2.24) is 0 Å². The molecule has 0 aromatic heterocycles. The van der Waals surface area contributed by atoms with Gasteiger partial charge in [-0.3, -0.25) is 0 Å². The molecule has 1 aromatic carbocycles. The van der Waals surface area contributed by atoms with Crippen LogP contribution >= 0.6 is 47.8 Å². The standard InChI is InChI=1S/C13H14Br3NO/c1-13(2,8-17)4-3-5-18-12-10(15)6-9(14)7-11(12)16/h6-7H,3-5H2,1-2H3. The highest BCUT2D eigenvalue weighted by Gasteiger charge is 2.16. The van der Waals surface area contributed by atoms with Gasteiger partial charge in [0.15, 0.2) is 0 Å². The fraction of sp³-hybridized carbons (Fsp3) is 0.462. The molecule has 18 heavy (non-hydrogen) atoms. The SMILES string of the molecule is CC(C)(C#N)CCCOc1c(Br)cc(Br)cc1Br. The lowest BCUT2D eigenvalue weighted by atomic mass is 9.90. The third kappa shape index (κ3) is 4.91. The molecule has 0 radical (unpaired) electrons. The van der Waals surface area contributed by atoms with E-state index < -0.39 is 0 Å². The van der Waals surface area contributed by atoms with Gasteiger partial charge in [-0.1, -0.05) is 15.9 Å². The zero-order valence-electron chi connectivity index (χ0n) is 10.3. The Hall–Kier alpha value is -0.0500. The first-order valence-corrected chi connectivity index (χ1v) is 7.92. The molecule has 0 unspecified atom stereocenters. The lowest BCUT2D eigenvalue weighted by molar-refractivity contribution is 0.281. The summed E-state index contributed by atoms with van der Waals surface area (Å²) in [5.74, 6) is 0.799. The Labute approximate surface area is 133 Å². The van der Waals surface area contributed by atoms with Crippen LogP contribution in [0.3, 0.4) is 0 Å². The Morgan fingerprint density at radius 1 is 1.22 bits per heavy atom. The average molecular weight is 440 g/mol. The van der Waals surface area contributed by atoms with E-state index >= 15 is 0 Å². The number of nitrogens with zero attached hydrogens (tertiary/aromatic N) is 1. The minimum absolute atomic E-state index is 0.280. The van der Waals surface area contributed by atoms with E-state index in [4.69, 9.17) is 10.00 Å². The topological polar surface area (TPSA) is 33.0 Å². The van der Waals surface area contributed by atoms with Crippen LogP contribution in [0.1, 0.15) is 26.7 Å². The number of halogens is 3. The number of nitriles is 1. The molecule has 0 heterocycles. The van der Waals surface area contributed by atoms with E-state index in [1.807, 2.05) is 26.0 Å². The van der Waals surface area contributed by atoms with E-state index in [-0.39, 0.29) is 5.41 Å². The largest absolute Gasteiger partial charge is 0.491 e. The van der Waals surface area contributed by atoms with Crippen molar-refractivity contribution in [2.75, 3.05) is 6.61 Å². The molecule has 0 aliphatic heterocycles. The Morgan fingerprint density at radius 2 is 1.78 bits per heavy atom. The van der Waals surface area contributed by atoms with Gasteiger partial charge in [0.1, 0.15) is 5.75 Å². The maximum atomic E-state index is 8.92. The van der Waals surface area contributed by atoms with Crippen molar-refractivity contribution in [2.45, 2.75) is 26.7 Å². The van der Waals surface area contributed by atoms with E-state index in [0.717, 1.165) is 32.0 Å². The predicted molar refractivity (Wildman–Crippen MR) is 83.7 cm³/mol. The van der Waals surface area contributed by atoms with Crippen LogP contribution in [0.25, 0.3) is 0 Å². The van der Waals surface area contributed by atoms with Gasteiger partial charge in [-0.05, 0) is 70.7 Å². The van der Waals surface area contributed by atoms with Crippen LogP contribution in [0.5, 0.6) is 5.75 Å². The number of hydrogen-bond donors (Lipinski definition) is 0. The van der Waals surface area contributed by atoms with Gasteiger partial charge in [-0.25, -0.2) is 0 Å². The van der Waals surface area contributed by atoms with Crippen molar-refractivity contribution in [2.24, 2.45) is 5.41 Å². The van der Waals surface area contributed by atoms with Gasteiger partial charge < -0.3 is 4.74 Å². The van der Waals surface area contributed by atoms with Gasteiger partial charge >= 0.3 is 0 Å². The zero-order valence-corrected chi connectivity index (χ0v) is 15.0. The summed E-state index contributed by atoms with van der Waals surface area (Å²) in [5.41, 5.74) is -0.280. The van der Waals surface area contributed by atoms with Crippen LogP contribution in [0.2, 0.25) is 0 Å². The second-order valence-electron chi connectivity index (χ2n) is 4.65. The van der Waals surface area contributed by atoms with Crippen molar-refractivity contribution in [3.8, 4) is 11.8 Å². The summed E-state index contributed by atoms with van der Waals surface area (Å²) < 4.78 is 8.54. The fourth-order valence-corrected chi connectivity index (χ4v) is 3.90. The molecule has 1 aromatic rings. The molecule has 0 spiro atoms. The molecule has 0 bridgehead atoms. The molecule has 0 atom stereocenters. The quantitative estimate of drug-likeness (QED) is 0.552. The monoisotopic (exact) mass is 437 g/mol. The predicted octanol–water partition coefficient (Wildman–Crippen LogP) is 5.68.